The number of piperidine rings is 1. The Morgan fingerprint density at radius 3 is 2.53 bits per heavy atom. The molecular weight excluding hydrogens is 445 g/mol. The molecule has 0 aromatic heterocycles. The van der Waals surface area contributed by atoms with Crippen molar-refractivity contribution in [2.75, 3.05) is 19.6 Å². The van der Waals surface area contributed by atoms with Crippen molar-refractivity contribution in [2.24, 2.45) is 11.8 Å². The van der Waals surface area contributed by atoms with E-state index in [1.807, 2.05) is 39.8 Å². The number of aliphatic hydroxyl groups is 1. The van der Waals surface area contributed by atoms with Gasteiger partial charge < -0.3 is 15.7 Å². The van der Waals surface area contributed by atoms with Crippen LogP contribution >= 0.6 is 23.2 Å². The van der Waals surface area contributed by atoms with Gasteiger partial charge in [-0.15, -0.1) is 0 Å². The number of carbonyl (C=O) groups excluding carboxylic acids is 1. The molecule has 3 rings (SSSR count). The minimum Gasteiger partial charge on any atom is -0.390 e. The summed E-state index contributed by atoms with van der Waals surface area (Å²) in [5.41, 5.74) is 0.763. The summed E-state index contributed by atoms with van der Waals surface area (Å²) >= 11 is 12.2. The standard InChI is InChI=1S/C25H39Cl2N3O2/c1-16(17-9-10-21(26)22(27)11-17)28-13-20(31)15-30-14-19-8-6-5-7-18(19)12-23(30)24(32)29-25(2,3)4/h9-11,16,18-20,23,28,31H,5-8,12-15H2,1-4H3,(H,29,32)/t16-,18-,19+,20+,23-/m0/s1. The fourth-order valence-electron chi connectivity index (χ4n) is 5.17. The number of rotatable bonds is 7. The zero-order chi connectivity index (χ0) is 23.5. The lowest BCUT2D eigenvalue weighted by atomic mass is 9.72. The summed E-state index contributed by atoms with van der Waals surface area (Å²) in [6.45, 7) is 9.93. The molecule has 0 spiro atoms. The lowest BCUT2D eigenvalue weighted by molar-refractivity contribution is -0.132. The van der Waals surface area contributed by atoms with Crippen molar-refractivity contribution in [1.29, 1.82) is 0 Å². The van der Waals surface area contributed by atoms with Gasteiger partial charge in [-0.1, -0.05) is 48.5 Å². The highest BCUT2D eigenvalue weighted by atomic mass is 35.5. The Labute approximate surface area is 203 Å². The molecule has 1 aliphatic heterocycles. The molecule has 1 aromatic rings. The van der Waals surface area contributed by atoms with E-state index in [0.29, 0.717) is 35.0 Å². The van der Waals surface area contributed by atoms with Gasteiger partial charge in [0, 0.05) is 31.2 Å². The van der Waals surface area contributed by atoms with Crippen LogP contribution in [0.25, 0.3) is 0 Å². The molecule has 1 amide bonds. The number of β-amino-alcohol motifs (C(OH)–C–C–N with tert-alkyl or cyclic N) is 1. The molecule has 1 aliphatic carbocycles. The Hall–Kier alpha value is -0.850. The van der Waals surface area contributed by atoms with Crippen LogP contribution < -0.4 is 10.6 Å². The minimum absolute atomic E-state index is 0.0310. The second kappa shape index (κ2) is 11.1. The maximum atomic E-state index is 13.1. The second-order valence-electron chi connectivity index (χ2n) is 10.7. The molecule has 2 aliphatic rings. The van der Waals surface area contributed by atoms with E-state index in [-0.39, 0.29) is 23.5 Å². The van der Waals surface area contributed by atoms with Crippen LogP contribution in [0.1, 0.15) is 71.4 Å². The predicted molar refractivity (Wildman–Crippen MR) is 132 cm³/mol. The third-order valence-corrected chi connectivity index (χ3v) is 7.59. The molecule has 1 aromatic carbocycles. The van der Waals surface area contributed by atoms with Crippen LogP contribution in [0.3, 0.4) is 0 Å². The Morgan fingerprint density at radius 2 is 1.88 bits per heavy atom. The first-order chi connectivity index (χ1) is 15.0. The van der Waals surface area contributed by atoms with Crippen molar-refractivity contribution >= 4 is 29.1 Å². The molecule has 1 saturated carbocycles. The van der Waals surface area contributed by atoms with Crippen molar-refractivity contribution in [3.8, 4) is 0 Å². The molecule has 5 nitrogen and oxygen atoms in total. The van der Waals surface area contributed by atoms with Crippen molar-refractivity contribution in [1.82, 2.24) is 15.5 Å². The Kier molecular flexibility index (Phi) is 8.90. The highest BCUT2D eigenvalue weighted by Gasteiger charge is 2.40. The Balaban J connectivity index is 1.60. The average molecular weight is 485 g/mol. The normalized spacial score (nSPS) is 26.3. The van der Waals surface area contributed by atoms with Crippen molar-refractivity contribution in [3.05, 3.63) is 33.8 Å². The van der Waals surface area contributed by atoms with Crippen LogP contribution in [0.5, 0.6) is 0 Å². The lowest BCUT2D eigenvalue weighted by Crippen LogP contribution is -2.59. The maximum absolute atomic E-state index is 13.1. The van der Waals surface area contributed by atoms with Crippen LogP contribution in [0.15, 0.2) is 18.2 Å². The van der Waals surface area contributed by atoms with Crippen molar-refractivity contribution in [3.63, 3.8) is 0 Å². The van der Waals surface area contributed by atoms with Crippen LogP contribution in [0.2, 0.25) is 10.0 Å². The highest BCUT2D eigenvalue weighted by molar-refractivity contribution is 6.42. The number of hydrogen-bond acceptors (Lipinski definition) is 4. The molecule has 32 heavy (non-hydrogen) atoms. The first-order valence-corrected chi connectivity index (χ1v) is 12.7. The molecule has 0 radical (unpaired) electrons. The van der Waals surface area contributed by atoms with Crippen LogP contribution in [0, 0.1) is 11.8 Å². The Morgan fingerprint density at radius 1 is 1.19 bits per heavy atom. The predicted octanol–water partition coefficient (Wildman–Crippen LogP) is 4.80. The quantitative estimate of drug-likeness (QED) is 0.520. The molecule has 7 heteroatoms. The third kappa shape index (κ3) is 7.07. The second-order valence-corrected chi connectivity index (χ2v) is 11.5. The number of hydrogen-bond donors (Lipinski definition) is 3. The van der Waals surface area contributed by atoms with E-state index in [1.165, 1.54) is 25.7 Å². The van der Waals surface area contributed by atoms with E-state index in [2.05, 4.69) is 15.5 Å². The van der Waals surface area contributed by atoms with E-state index in [0.717, 1.165) is 18.5 Å². The first-order valence-electron chi connectivity index (χ1n) is 12.0. The summed E-state index contributed by atoms with van der Waals surface area (Å²) < 4.78 is 0. The number of nitrogens with one attached hydrogen (secondary N) is 2. The van der Waals surface area contributed by atoms with Gasteiger partial charge in [-0.25, -0.2) is 0 Å². The largest absolute Gasteiger partial charge is 0.390 e. The smallest absolute Gasteiger partial charge is 0.237 e. The molecule has 1 saturated heterocycles. The number of amides is 1. The van der Waals surface area contributed by atoms with Gasteiger partial charge in [-0.3, -0.25) is 9.69 Å². The van der Waals surface area contributed by atoms with Gasteiger partial charge in [-0.2, -0.15) is 0 Å². The zero-order valence-electron chi connectivity index (χ0n) is 19.8. The van der Waals surface area contributed by atoms with Crippen molar-refractivity contribution in [2.45, 2.75) is 83.5 Å². The molecule has 5 atom stereocenters. The summed E-state index contributed by atoms with van der Waals surface area (Å²) in [6.07, 6.45) is 5.34. The van der Waals surface area contributed by atoms with Gasteiger partial charge in [0.05, 0.1) is 22.2 Å². The Bertz CT molecular complexity index is 783. The molecule has 1 heterocycles. The lowest BCUT2D eigenvalue weighted by Gasteiger charge is -2.46. The fourth-order valence-corrected chi connectivity index (χ4v) is 5.48. The van der Waals surface area contributed by atoms with Gasteiger partial charge in [0.15, 0.2) is 0 Å². The molecule has 0 unspecified atom stereocenters. The number of benzene rings is 1. The summed E-state index contributed by atoms with van der Waals surface area (Å²) in [7, 11) is 0. The molecule has 3 N–H and O–H groups in total. The number of halogens is 2. The van der Waals surface area contributed by atoms with Crippen molar-refractivity contribution < 1.29 is 9.90 Å². The number of carbonyl (C=O) groups is 1. The van der Waals surface area contributed by atoms with Crippen LogP contribution in [-0.4, -0.2) is 53.2 Å². The third-order valence-electron chi connectivity index (χ3n) is 6.85. The molecule has 2 fully saturated rings. The van der Waals surface area contributed by atoms with E-state index in [9.17, 15) is 9.90 Å². The fraction of sp³-hybridized carbons (Fsp3) is 0.720. The summed E-state index contributed by atoms with van der Waals surface area (Å²) in [4.78, 5) is 15.3. The maximum Gasteiger partial charge on any atom is 0.237 e. The first kappa shape index (κ1) is 25.8. The molecular formula is C25H39Cl2N3O2. The van der Waals surface area contributed by atoms with Gasteiger partial charge >= 0.3 is 0 Å². The highest BCUT2D eigenvalue weighted by Crippen LogP contribution is 2.38. The number of nitrogens with zero attached hydrogens (tertiary/aromatic N) is 1. The number of aliphatic hydroxyl groups excluding tert-OH is 1. The number of fused-ring (bicyclic) bond motifs is 1. The molecule has 0 bridgehead atoms. The summed E-state index contributed by atoms with van der Waals surface area (Å²) in [5.74, 6) is 1.35. The molecule has 180 valence electrons. The minimum atomic E-state index is -0.565. The number of likely N-dealkylation sites (tertiary alicyclic amines) is 1. The van der Waals surface area contributed by atoms with Gasteiger partial charge in [0.2, 0.25) is 5.91 Å². The van der Waals surface area contributed by atoms with Gasteiger partial charge in [-0.05, 0) is 70.1 Å². The van der Waals surface area contributed by atoms with Crippen LogP contribution in [0.4, 0.5) is 0 Å². The van der Waals surface area contributed by atoms with E-state index < -0.39 is 6.10 Å². The SMILES string of the molecule is C[C@H](NC[C@@H](O)CN1C[C@H]2CCCC[C@H]2C[C@H]1C(=O)NC(C)(C)C)c1ccc(Cl)c(Cl)c1. The van der Waals surface area contributed by atoms with E-state index >= 15 is 0 Å². The summed E-state index contributed by atoms with van der Waals surface area (Å²) in [5, 5.41) is 18.5. The van der Waals surface area contributed by atoms with E-state index in [1.54, 1.807) is 6.07 Å². The van der Waals surface area contributed by atoms with E-state index in [4.69, 9.17) is 23.2 Å². The summed E-state index contributed by atoms with van der Waals surface area (Å²) in [6, 6.07) is 5.45. The van der Waals surface area contributed by atoms with Gasteiger partial charge in [0.25, 0.3) is 0 Å². The van der Waals surface area contributed by atoms with Gasteiger partial charge in [0.1, 0.15) is 0 Å². The van der Waals surface area contributed by atoms with Crippen LogP contribution in [-0.2, 0) is 4.79 Å². The monoisotopic (exact) mass is 483 g/mol. The zero-order valence-corrected chi connectivity index (χ0v) is 21.3. The average Bonchev–Trinajstić information content (AvgIpc) is 2.72. The topological polar surface area (TPSA) is 64.6 Å².